The molecule has 1 aromatic heterocycles. The summed E-state index contributed by atoms with van der Waals surface area (Å²) >= 11 is 0. The van der Waals surface area contributed by atoms with Crippen molar-refractivity contribution in [2.45, 2.75) is 31.6 Å². The molecule has 3 N–H and O–H groups in total. The number of fused-ring (bicyclic) bond motifs is 1. The minimum atomic E-state index is -1.10. The molecule has 86 valence electrons. The molecule has 1 aliphatic rings. The molecular weight excluding hydrogens is 212 g/mol. The number of nitrogens with one attached hydrogen (secondary N) is 1. The quantitative estimate of drug-likeness (QED) is 0.710. The van der Waals surface area contributed by atoms with Crippen LogP contribution in [0.1, 0.15) is 46.9 Å². The summed E-state index contributed by atoms with van der Waals surface area (Å²) in [6.07, 6.45) is 2.28. The van der Waals surface area contributed by atoms with Crippen LogP contribution in [0.25, 0.3) is 0 Å². The Bertz CT molecular complexity index is 438. The van der Waals surface area contributed by atoms with Gasteiger partial charge in [0.05, 0.1) is 6.42 Å². The molecule has 0 radical (unpaired) electrons. The minimum absolute atomic E-state index is 0.0269. The Morgan fingerprint density at radius 2 is 2.19 bits per heavy atom. The van der Waals surface area contributed by atoms with Gasteiger partial charge in [0.25, 0.3) is 0 Å². The van der Waals surface area contributed by atoms with E-state index >= 15 is 0 Å². The van der Waals surface area contributed by atoms with E-state index in [9.17, 15) is 9.59 Å². The number of aryl methyl sites for hydroxylation is 1. The molecule has 1 heterocycles. The molecule has 6 nitrogen and oxygen atoms in total. The van der Waals surface area contributed by atoms with Gasteiger partial charge in [0.2, 0.25) is 0 Å². The Morgan fingerprint density at radius 3 is 2.81 bits per heavy atom. The number of hydrogen-bond acceptors (Lipinski definition) is 3. The Labute approximate surface area is 91.3 Å². The van der Waals surface area contributed by atoms with Gasteiger partial charge in [-0.15, -0.1) is 0 Å². The summed E-state index contributed by atoms with van der Waals surface area (Å²) in [5, 5.41) is 24.2. The molecule has 0 aromatic carbocycles. The molecule has 1 aromatic rings. The molecule has 1 aliphatic carbocycles. The number of hydrogen-bond donors (Lipinski definition) is 3. The molecule has 1 unspecified atom stereocenters. The highest BCUT2D eigenvalue weighted by Gasteiger charge is 2.30. The summed E-state index contributed by atoms with van der Waals surface area (Å²) in [7, 11) is 0. The predicted octanol–water partition coefficient (Wildman–Crippen LogP) is 1.00. The number of aromatic nitrogens is 2. The lowest BCUT2D eigenvalue weighted by Gasteiger charge is -2.20. The average Bonchev–Trinajstić information content (AvgIpc) is 2.61. The summed E-state index contributed by atoms with van der Waals surface area (Å²) < 4.78 is 0. The van der Waals surface area contributed by atoms with Crippen LogP contribution >= 0.6 is 0 Å². The van der Waals surface area contributed by atoms with Crippen LogP contribution in [0.5, 0.6) is 0 Å². The first kappa shape index (κ1) is 10.7. The second-order valence-electron chi connectivity index (χ2n) is 3.96. The van der Waals surface area contributed by atoms with Crippen molar-refractivity contribution in [2.24, 2.45) is 0 Å². The van der Waals surface area contributed by atoms with E-state index in [0.717, 1.165) is 18.5 Å². The Morgan fingerprint density at radius 1 is 1.44 bits per heavy atom. The summed E-state index contributed by atoms with van der Waals surface area (Å²) in [5.74, 6) is -2.24. The molecule has 0 fully saturated rings. The zero-order valence-electron chi connectivity index (χ0n) is 8.56. The number of aromatic amines is 1. The lowest BCUT2D eigenvalue weighted by atomic mass is 9.83. The molecule has 2 rings (SSSR count). The molecule has 6 heteroatoms. The third kappa shape index (κ3) is 1.78. The average molecular weight is 224 g/mol. The topological polar surface area (TPSA) is 103 Å². The van der Waals surface area contributed by atoms with Gasteiger partial charge in [0, 0.05) is 11.3 Å². The Balaban J connectivity index is 2.38. The zero-order chi connectivity index (χ0) is 11.7. The van der Waals surface area contributed by atoms with E-state index in [2.05, 4.69) is 10.2 Å². The number of H-pyrrole nitrogens is 1. The second-order valence-corrected chi connectivity index (χ2v) is 3.96. The van der Waals surface area contributed by atoms with Gasteiger partial charge >= 0.3 is 11.9 Å². The van der Waals surface area contributed by atoms with Crippen molar-refractivity contribution in [3.8, 4) is 0 Å². The van der Waals surface area contributed by atoms with Gasteiger partial charge in [-0.2, -0.15) is 5.10 Å². The molecule has 1 atom stereocenters. The number of aromatic carboxylic acids is 1. The highest BCUT2D eigenvalue weighted by Crippen LogP contribution is 2.35. The van der Waals surface area contributed by atoms with Crippen molar-refractivity contribution >= 4 is 11.9 Å². The van der Waals surface area contributed by atoms with Crippen molar-refractivity contribution in [2.75, 3.05) is 0 Å². The largest absolute Gasteiger partial charge is 0.481 e. The number of carboxylic acids is 2. The van der Waals surface area contributed by atoms with Gasteiger partial charge in [-0.3, -0.25) is 9.89 Å². The van der Waals surface area contributed by atoms with E-state index in [-0.39, 0.29) is 18.0 Å². The maximum absolute atomic E-state index is 10.9. The van der Waals surface area contributed by atoms with Crippen molar-refractivity contribution in [3.05, 3.63) is 17.0 Å². The summed E-state index contributed by atoms with van der Waals surface area (Å²) in [5.41, 5.74) is 1.33. The summed E-state index contributed by atoms with van der Waals surface area (Å²) in [6, 6.07) is 0. The van der Waals surface area contributed by atoms with Crippen molar-refractivity contribution < 1.29 is 19.8 Å². The predicted molar refractivity (Wildman–Crippen MR) is 53.5 cm³/mol. The van der Waals surface area contributed by atoms with Crippen molar-refractivity contribution in [1.29, 1.82) is 0 Å². The first-order valence-electron chi connectivity index (χ1n) is 5.11. The van der Waals surface area contributed by atoms with Crippen LogP contribution in [0.2, 0.25) is 0 Å². The van der Waals surface area contributed by atoms with Crippen LogP contribution in [0.3, 0.4) is 0 Å². The fourth-order valence-electron chi connectivity index (χ4n) is 2.26. The van der Waals surface area contributed by atoms with E-state index in [1.807, 2.05) is 0 Å². The van der Waals surface area contributed by atoms with Gasteiger partial charge in [0.15, 0.2) is 5.69 Å². The summed E-state index contributed by atoms with van der Waals surface area (Å²) in [6.45, 7) is 0. The fourth-order valence-corrected chi connectivity index (χ4v) is 2.26. The van der Waals surface area contributed by atoms with Crippen LogP contribution < -0.4 is 0 Å². The molecule has 0 aliphatic heterocycles. The molecule has 0 saturated carbocycles. The highest BCUT2D eigenvalue weighted by atomic mass is 16.4. The SMILES string of the molecule is O=C(O)CC1CCCc2[nH]nc(C(=O)O)c21. The second kappa shape index (κ2) is 3.96. The molecule has 0 spiro atoms. The summed E-state index contributed by atoms with van der Waals surface area (Å²) in [4.78, 5) is 21.6. The third-order valence-corrected chi connectivity index (χ3v) is 2.89. The van der Waals surface area contributed by atoms with Crippen LogP contribution in [0, 0.1) is 0 Å². The van der Waals surface area contributed by atoms with Gasteiger partial charge in [0.1, 0.15) is 0 Å². The monoisotopic (exact) mass is 224 g/mol. The molecule has 0 bridgehead atoms. The zero-order valence-corrected chi connectivity index (χ0v) is 8.56. The maximum atomic E-state index is 10.9. The molecule has 16 heavy (non-hydrogen) atoms. The standard InChI is InChI=1S/C10H12N2O4/c13-7(14)4-5-2-1-3-6-8(5)9(10(15)16)12-11-6/h5H,1-4H2,(H,11,12)(H,13,14)(H,15,16). The molecule has 0 amide bonds. The van der Waals surface area contributed by atoms with Crippen molar-refractivity contribution in [1.82, 2.24) is 10.2 Å². The normalized spacial score (nSPS) is 19.1. The first-order chi connectivity index (χ1) is 7.59. The Kier molecular flexibility index (Phi) is 2.64. The van der Waals surface area contributed by atoms with Crippen LogP contribution in [-0.2, 0) is 11.2 Å². The molecule has 0 saturated heterocycles. The van der Waals surface area contributed by atoms with E-state index in [4.69, 9.17) is 10.2 Å². The molecular formula is C10H12N2O4. The van der Waals surface area contributed by atoms with Crippen LogP contribution in [0.15, 0.2) is 0 Å². The number of nitrogens with zero attached hydrogens (tertiary/aromatic N) is 1. The highest BCUT2D eigenvalue weighted by molar-refractivity contribution is 5.88. The third-order valence-electron chi connectivity index (χ3n) is 2.89. The lowest BCUT2D eigenvalue weighted by molar-refractivity contribution is -0.137. The number of rotatable bonds is 3. The lowest BCUT2D eigenvalue weighted by Crippen LogP contribution is -2.15. The van der Waals surface area contributed by atoms with E-state index in [1.54, 1.807) is 0 Å². The van der Waals surface area contributed by atoms with E-state index in [1.165, 1.54) is 0 Å². The Hall–Kier alpha value is -1.85. The number of carboxylic acid groups (broad SMARTS) is 2. The minimum Gasteiger partial charge on any atom is -0.481 e. The van der Waals surface area contributed by atoms with Crippen LogP contribution in [-0.4, -0.2) is 32.3 Å². The van der Waals surface area contributed by atoms with E-state index in [0.29, 0.717) is 12.0 Å². The van der Waals surface area contributed by atoms with Gasteiger partial charge in [-0.1, -0.05) is 0 Å². The number of aliphatic carboxylic acids is 1. The van der Waals surface area contributed by atoms with E-state index < -0.39 is 11.9 Å². The van der Waals surface area contributed by atoms with Crippen LogP contribution in [0.4, 0.5) is 0 Å². The number of carbonyl (C=O) groups is 2. The van der Waals surface area contributed by atoms with Gasteiger partial charge in [-0.05, 0) is 25.2 Å². The maximum Gasteiger partial charge on any atom is 0.356 e. The smallest absolute Gasteiger partial charge is 0.356 e. The first-order valence-corrected chi connectivity index (χ1v) is 5.11. The van der Waals surface area contributed by atoms with Crippen molar-refractivity contribution in [3.63, 3.8) is 0 Å². The van der Waals surface area contributed by atoms with Gasteiger partial charge < -0.3 is 10.2 Å². The fraction of sp³-hybridized carbons (Fsp3) is 0.500. The van der Waals surface area contributed by atoms with Gasteiger partial charge in [-0.25, -0.2) is 4.79 Å².